The lowest BCUT2D eigenvalue weighted by Gasteiger charge is -2.20. The lowest BCUT2D eigenvalue weighted by atomic mass is 10.2. The van der Waals surface area contributed by atoms with Crippen molar-refractivity contribution in [2.24, 2.45) is 0 Å². The fraction of sp³-hybridized carbons (Fsp3) is 0.250. The number of nitrogens with zero attached hydrogens (tertiary/aromatic N) is 1. The molecule has 2 aromatic carbocycles. The Morgan fingerprint density at radius 2 is 1.95 bits per heavy atom. The van der Waals surface area contributed by atoms with Crippen molar-refractivity contribution in [3.8, 4) is 5.75 Å². The van der Waals surface area contributed by atoms with E-state index in [1.165, 1.54) is 28.6 Å². The minimum Gasteiger partial charge on any atom is -0.496 e. The summed E-state index contributed by atoms with van der Waals surface area (Å²) < 4.78 is 45.4. The summed E-state index contributed by atoms with van der Waals surface area (Å²) in [4.78, 5) is 0.211. The fourth-order valence-electron chi connectivity index (χ4n) is 2.73. The van der Waals surface area contributed by atoms with Gasteiger partial charge in [-0.2, -0.15) is 0 Å². The van der Waals surface area contributed by atoms with Gasteiger partial charge in [0.2, 0.25) is 0 Å². The highest BCUT2D eigenvalue weighted by atomic mass is 32.2. The quantitative estimate of drug-likeness (QED) is 0.873. The summed E-state index contributed by atoms with van der Waals surface area (Å²) >= 11 is 0. The van der Waals surface area contributed by atoms with Gasteiger partial charge in [-0.1, -0.05) is 0 Å². The first-order valence-electron chi connectivity index (χ1n) is 6.89. The number of ether oxygens (including phenoxy) is 1. The summed E-state index contributed by atoms with van der Waals surface area (Å²) in [5.74, 6) is 0.293. The van der Waals surface area contributed by atoms with Crippen molar-refractivity contribution in [1.29, 1.82) is 0 Å². The summed E-state index contributed by atoms with van der Waals surface area (Å²) in [5, 5.41) is 0. The first-order chi connectivity index (χ1) is 10.4. The summed E-state index contributed by atoms with van der Waals surface area (Å²) in [6.07, 6.45) is 0.515. The van der Waals surface area contributed by atoms with Crippen molar-refractivity contribution in [1.82, 2.24) is 0 Å². The third-order valence-electron chi connectivity index (χ3n) is 3.85. The molecule has 0 aromatic heterocycles. The zero-order valence-corrected chi connectivity index (χ0v) is 13.2. The minimum atomic E-state index is -3.66. The van der Waals surface area contributed by atoms with E-state index in [1.54, 1.807) is 26.2 Å². The fourth-order valence-corrected chi connectivity index (χ4v) is 4.32. The number of rotatable bonds is 3. The van der Waals surface area contributed by atoms with Gasteiger partial charge < -0.3 is 4.74 Å². The van der Waals surface area contributed by atoms with Gasteiger partial charge in [-0.15, -0.1) is 0 Å². The first-order valence-corrected chi connectivity index (χ1v) is 8.33. The highest BCUT2D eigenvalue weighted by Crippen LogP contribution is 2.34. The van der Waals surface area contributed by atoms with Crippen LogP contribution >= 0.6 is 0 Å². The Balaban J connectivity index is 2.04. The lowest BCUT2D eigenvalue weighted by molar-refractivity contribution is 0.411. The van der Waals surface area contributed by atoms with E-state index in [0.717, 1.165) is 5.56 Å². The molecule has 0 radical (unpaired) electrons. The summed E-state index contributed by atoms with van der Waals surface area (Å²) in [6.45, 7) is 2.12. The van der Waals surface area contributed by atoms with Gasteiger partial charge in [0.25, 0.3) is 10.0 Å². The van der Waals surface area contributed by atoms with Crippen molar-refractivity contribution < 1.29 is 17.5 Å². The molecule has 22 heavy (non-hydrogen) atoms. The maximum atomic E-state index is 13.3. The van der Waals surface area contributed by atoms with Crippen LogP contribution in [0.2, 0.25) is 0 Å². The standard InChI is InChI=1S/C16H16FNO3S/c1-11-9-14(4-6-16(11)21-2)22(19,20)18-8-7-12-10-13(17)3-5-15(12)18/h3-6,9-10H,7-8H2,1-2H3. The van der Waals surface area contributed by atoms with Gasteiger partial charge in [-0.3, -0.25) is 4.31 Å². The predicted octanol–water partition coefficient (Wildman–Crippen LogP) is 2.89. The molecule has 0 amide bonds. The number of methoxy groups -OCH3 is 1. The predicted molar refractivity (Wildman–Crippen MR) is 82.4 cm³/mol. The SMILES string of the molecule is COc1ccc(S(=O)(=O)N2CCc3cc(F)ccc32)cc1C. The smallest absolute Gasteiger partial charge is 0.264 e. The Kier molecular flexibility index (Phi) is 3.56. The topological polar surface area (TPSA) is 46.6 Å². The Labute approximate surface area is 129 Å². The van der Waals surface area contributed by atoms with Gasteiger partial charge >= 0.3 is 0 Å². The molecule has 0 spiro atoms. The van der Waals surface area contributed by atoms with Crippen LogP contribution in [0.3, 0.4) is 0 Å². The third kappa shape index (κ3) is 2.33. The molecule has 0 unspecified atom stereocenters. The Morgan fingerprint density at radius 1 is 1.18 bits per heavy atom. The van der Waals surface area contributed by atoms with E-state index < -0.39 is 10.0 Å². The molecule has 1 aliphatic heterocycles. The van der Waals surface area contributed by atoms with Crippen LogP contribution in [0.1, 0.15) is 11.1 Å². The first kappa shape index (κ1) is 14.8. The molecule has 3 rings (SSSR count). The van der Waals surface area contributed by atoms with Crippen LogP contribution in [-0.2, 0) is 16.4 Å². The van der Waals surface area contributed by atoms with Crippen LogP contribution in [0.5, 0.6) is 5.75 Å². The number of benzene rings is 2. The molecule has 0 saturated heterocycles. The number of halogens is 1. The molecule has 1 heterocycles. The van der Waals surface area contributed by atoms with E-state index in [-0.39, 0.29) is 10.7 Å². The van der Waals surface area contributed by atoms with Crippen molar-refractivity contribution in [3.05, 3.63) is 53.3 Å². The van der Waals surface area contributed by atoms with Crippen LogP contribution in [0.25, 0.3) is 0 Å². The van der Waals surface area contributed by atoms with Crippen molar-refractivity contribution in [2.75, 3.05) is 18.0 Å². The zero-order chi connectivity index (χ0) is 15.9. The molecular weight excluding hydrogens is 305 g/mol. The molecule has 0 aliphatic carbocycles. The van der Waals surface area contributed by atoms with Crippen LogP contribution in [0.4, 0.5) is 10.1 Å². The van der Waals surface area contributed by atoms with Crippen LogP contribution in [0.15, 0.2) is 41.3 Å². The molecule has 4 nitrogen and oxygen atoms in total. The number of hydrogen-bond donors (Lipinski definition) is 0. The number of sulfonamides is 1. The van der Waals surface area contributed by atoms with Crippen molar-refractivity contribution >= 4 is 15.7 Å². The highest BCUT2D eigenvalue weighted by Gasteiger charge is 2.31. The van der Waals surface area contributed by atoms with Gasteiger partial charge in [-0.25, -0.2) is 12.8 Å². The maximum Gasteiger partial charge on any atom is 0.264 e. The Morgan fingerprint density at radius 3 is 2.64 bits per heavy atom. The number of fused-ring (bicyclic) bond motifs is 1. The number of aryl methyl sites for hydroxylation is 1. The Bertz CT molecular complexity index is 833. The van der Waals surface area contributed by atoms with Crippen molar-refractivity contribution in [3.63, 3.8) is 0 Å². The lowest BCUT2D eigenvalue weighted by Crippen LogP contribution is -2.29. The van der Waals surface area contributed by atoms with E-state index in [2.05, 4.69) is 0 Å². The van der Waals surface area contributed by atoms with Crippen LogP contribution in [0, 0.1) is 12.7 Å². The average molecular weight is 321 g/mol. The van der Waals surface area contributed by atoms with E-state index >= 15 is 0 Å². The van der Waals surface area contributed by atoms with Gasteiger partial charge in [0.05, 0.1) is 17.7 Å². The molecule has 116 valence electrons. The van der Waals surface area contributed by atoms with E-state index in [9.17, 15) is 12.8 Å². The molecule has 6 heteroatoms. The maximum absolute atomic E-state index is 13.3. The zero-order valence-electron chi connectivity index (χ0n) is 12.3. The summed E-state index contributed by atoms with van der Waals surface area (Å²) in [5.41, 5.74) is 2.02. The van der Waals surface area contributed by atoms with E-state index in [1.807, 2.05) is 0 Å². The minimum absolute atomic E-state index is 0.211. The molecule has 2 aromatic rings. The summed E-state index contributed by atoms with van der Waals surface area (Å²) in [6, 6.07) is 8.96. The van der Waals surface area contributed by atoms with Gasteiger partial charge in [0.1, 0.15) is 11.6 Å². The van der Waals surface area contributed by atoms with Gasteiger partial charge in [0.15, 0.2) is 0 Å². The third-order valence-corrected chi connectivity index (χ3v) is 5.66. The molecule has 0 fully saturated rings. The molecule has 0 saturated carbocycles. The average Bonchev–Trinajstić information content (AvgIpc) is 2.90. The largest absolute Gasteiger partial charge is 0.496 e. The number of anilines is 1. The van der Waals surface area contributed by atoms with Crippen LogP contribution < -0.4 is 9.04 Å². The molecule has 0 N–H and O–H groups in total. The summed E-state index contributed by atoms with van der Waals surface area (Å²) in [7, 11) is -2.11. The molecule has 1 aliphatic rings. The van der Waals surface area contributed by atoms with Crippen LogP contribution in [-0.4, -0.2) is 22.1 Å². The number of hydrogen-bond acceptors (Lipinski definition) is 3. The Hall–Kier alpha value is -2.08. The normalized spacial score (nSPS) is 14.0. The van der Waals surface area contributed by atoms with E-state index in [4.69, 9.17) is 4.74 Å². The molecule has 0 atom stereocenters. The van der Waals surface area contributed by atoms with Crippen molar-refractivity contribution in [2.45, 2.75) is 18.2 Å². The monoisotopic (exact) mass is 321 g/mol. The second-order valence-corrected chi connectivity index (χ2v) is 7.09. The second-order valence-electron chi connectivity index (χ2n) is 5.23. The molecular formula is C16H16FNO3S. The molecule has 0 bridgehead atoms. The van der Waals surface area contributed by atoms with Gasteiger partial charge in [0, 0.05) is 6.54 Å². The second kappa shape index (κ2) is 5.28. The highest BCUT2D eigenvalue weighted by molar-refractivity contribution is 7.92. The van der Waals surface area contributed by atoms with E-state index in [0.29, 0.717) is 30.0 Å². The van der Waals surface area contributed by atoms with Gasteiger partial charge in [-0.05, 0) is 60.9 Å².